The van der Waals surface area contributed by atoms with Crippen LogP contribution >= 0.6 is 0 Å². The first kappa shape index (κ1) is 25.4. The lowest BCUT2D eigenvalue weighted by atomic mass is 10.1. The van der Waals surface area contributed by atoms with Crippen molar-refractivity contribution in [2.45, 2.75) is 103 Å². The van der Waals surface area contributed by atoms with Crippen molar-refractivity contribution in [3.05, 3.63) is 24.8 Å². The van der Waals surface area contributed by atoms with Gasteiger partial charge in [-0.05, 0) is 38.5 Å². The number of hydrogen-bond donors (Lipinski definition) is 1. The average Bonchev–Trinajstić information content (AvgIpc) is 2.64. The van der Waals surface area contributed by atoms with E-state index in [9.17, 15) is 9.59 Å². The maximum atomic E-state index is 11.7. The molecule has 0 aromatic rings. The summed E-state index contributed by atoms with van der Waals surface area (Å²) in [7, 11) is 0. The summed E-state index contributed by atoms with van der Waals surface area (Å²) >= 11 is 0. The molecular weight excluding hydrogens is 340 g/mol. The Hall–Kier alpha value is -1.58. The van der Waals surface area contributed by atoms with Gasteiger partial charge in [0, 0.05) is 12.8 Å². The van der Waals surface area contributed by atoms with Crippen LogP contribution in [0.1, 0.15) is 103 Å². The quantitative estimate of drug-likeness (QED) is 0.147. The lowest BCUT2D eigenvalue weighted by Crippen LogP contribution is -2.05. The van der Waals surface area contributed by atoms with Crippen LogP contribution in [0.5, 0.6) is 0 Å². The topological polar surface area (TPSA) is 63.6 Å². The fraction of sp³-hybridized carbons (Fsp3) is 0.739. The molecule has 27 heavy (non-hydrogen) atoms. The van der Waals surface area contributed by atoms with Gasteiger partial charge in [-0.15, -0.1) is 6.58 Å². The molecule has 0 amide bonds. The first-order chi connectivity index (χ1) is 13.2. The van der Waals surface area contributed by atoms with Gasteiger partial charge in [-0.1, -0.05) is 69.6 Å². The van der Waals surface area contributed by atoms with Crippen LogP contribution in [0.2, 0.25) is 0 Å². The zero-order valence-corrected chi connectivity index (χ0v) is 17.1. The van der Waals surface area contributed by atoms with Gasteiger partial charge in [0.2, 0.25) is 0 Å². The largest absolute Gasteiger partial charge is 0.481 e. The van der Waals surface area contributed by atoms with Crippen LogP contribution in [-0.4, -0.2) is 23.7 Å². The van der Waals surface area contributed by atoms with Gasteiger partial charge in [-0.25, -0.2) is 0 Å². The average molecular weight is 381 g/mol. The van der Waals surface area contributed by atoms with E-state index in [1.165, 1.54) is 19.3 Å². The van der Waals surface area contributed by atoms with E-state index >= 15 is 0 Å². The molecule has 0 aliphatic carbocycles. The second-order valence-electron chi connectivity index (χ2n) is 7.14. The van der Waals surface area contributed by atoms with Crippen LogP contribution in [-0.2, 0) is 14.3 Å². The first-order valence-corrected chi connectivity index (χ1v) is 10.8. The molecule has 1 N–H and O–H groups in total. The molecule has 0 bridgehead atoms. The number of unbranched alkanes of at least 4 members (excludes halogenated alkanes) is 11. The third-order valence-corrected chi connectivity index (χ3v) is 4.52. The number of carboxylic acid groups (broad SMARTS) is 1. The van der Waals surface area contributed by atoms with Crippen molar-refractivity contribution in [3.63, 3.8) is 0 Å². The molecule has 0 saturated carbocycles. The van der Waals surface area contributed by atoms with Crippen LogP contribution in [0.15, 0.2) is 24.8 Å². The van der Waals surface area contributed by atoms with Gasteiger partial charge in [0.05, 0.1) is 6.61 Å². The summed E-state index contributed by atoms with van der Waals surface area (Å²) in [4.78, 5) is 22.0. The van der Waals surface area contributed by atoms with E-state index in [0.717, 1.165) is 70.6 Å². The van der Waals surface area contributed by atoms with Gasteiger partial charge in [-0.2, -0.15) is 0 Å². The van der Waals surface area contributed by atoms with Gasteiger partial charge < -0.3 is 9.84 Å². The second kappa shape index (κ2) is 20.7. The number of rotatable bonds is 20. The summed E-state index contributed by atoms with van der Waals surface area (Å²) in [5, 5.41) is 8.55. The third-order valence-electron chi connectivity index (χ3n) is 4.52. The summed E-state index contributed by atoms with van der Waals surface area (Å²) in [6, 6.07) is 0. The minimum atomic E-state index is -0.704. The van der Waals surface area contributed by atoms with Crippen LogP contribution in [0, 0.1) is 0 Å². The first-order valence-electron chi connectivity index (χ1n) is 10.8. The summed E-state index contributed by atoms with van der Waals surface area (Å²) in [6.07, 6.45) is 22.0. The number of hydrogen-bond acceptors (Lipinski definition) is 3. The number of ether oxygens (including phenoxy) is 1. The summed E-state index contributed by atoms with van der Waals surface area (Å²) in [5.41, 5.74) is 0. The summed E-state index contributed by atoms with van der Waals surface area (Å²) < 4.78 is 5.27. The van der Waals surface area contributed by atoms with E-state index in [0.29, 0.717) is 13.0 Å². The minimum absolute atomic E-state index is 0.0592. The fourth-order valence-electron chi connectivity index (χ4n) is 2.89. The number of carbonyl (C=O) groups is 2. The molecule has 0 aromatic carbocycles. The summed E-state index contributed by atoms with van der Waals surface area (Å²) in [6.45, 7) is 4.22. The molecule has 0 atom stereocenters. The fourth-order valence-corrected chi connectivity index (χ4v) is 2.89. The second-order valence-corrected chi connectivity index (χ2v) is 7.14. The van der Waals surface area contributed by atoms with E-state index in [2.05, 4.69) is 18.7 Å². The zero-order valence-electron chi connectivity index (χ0n) is 17.1. The predicted molar refractivity (Wildman–Crippen MR) is 112 cm³/mol. The lowest BCUT2D eigenvalue weighted by Gasteiger charge is -2.05. The molecule has 0 aliphatic heterocycles. The molecule has 0 spiro atoms. The van der Waals surface area contributed by atoms with Gasteiger partial charge >= 0.3 is 11.9 Å². The molecule has 0 fully saturated rings. The third kappa shape index (κ3) is 22.4. The Labute approximate surface area is 166 Å². The van der Waals surface area contributed by atoms with Gasteiger partial charge in [0.1, 0.15) is 0 Å². The van der Waals surface area contributed by atoms with Crippen LogP contribution in [0.4, 0.5) is 0 Å². The molecule has 4 heteroatoms. The van der Waals surface area contributed by atoms with E-state index in [4.69, 9.17) is 9.84 Å². The molecule has 156 valence electrons. The Morgan fingerprint density at radius 2 is 1.30 bits per heavy atom. The maximum Gasteiger partial charge on any atom is 0.305 e. The Balaban J connectivity index is 3.22. The number of carboxylic acids is 1. The molecule has 0 aliphatic rings. The Kier molecular flexibility index (Phi) is 19.5. The van der Waals surface area contributed by atoms with Gasteiger partial charge in [0.15, 0.2) is 0 Å². The van der Waals surface area contributed by atoms with E-state index < -0.39 is 5.97 Å². The van der Waals surface area contributed by atoms with E-state index in [1.54, 1.807) is 0 Å². The van der Waals surface area contributed by atoms with Gasteiger partial charge in [0.25, 0.3) is 0 Å². The molecule has 0 unspecified atom stereocenters. The smallest absolute Gasteiger partial charge is 0.305 e. The molecule has 0 heterocycles. The normalized spacial score (nSPS) is 11.0. The molecule has 0 radical (unpaired) electrons. The maximum absolute atomic E-state index is 11.7. The van der Waals surface area contributed by atoms with Crippen molar-refractivity contribution in [3.8, 4) is 0 Å². The number of carbonyl (C=O) groups excluding carboxylic acids is 1. The molecule has 0 aromatic heterocycles. The molecular formula is C23H40O4. The van der Waals surface area contributed by atoms with E-state index in [-0.39, 0.29) is 12.4 Å². The highest BCUT2D eigenvalue weighted by molar-refractivity contribution is 5.69. The van der Waals surface area contributed by atoms with Crippen molar-refractivity contribution >= 4 is 11.9 Å². The van der Waals surface area contributed by atoms with Crippen molar-refractivity contribution in [1.29, 1.82) is 0 Å². The SMILES string of the molecule is C=CC/C=C\CCCCCCCC(=O)OCCCCCCCCCC(=O)O. The standard InChI is InChI=1S/C23H40O4/c1-2-3-4-5-6-7-8-11-14-17-20-23(26)27-21-18-15-12-9-10-13-16-19-22(24)25/h2,4-5H,1,3,6-21H2,(H,24,25)/b5-4-. The van der Waals surface area contributed by atoms with Crippen molar-refractivity contribution < 1.29 is 19.4 Å². The predicted octanol–water partition coefficient (Wildman–Crippen LogP) is 6.60. The number of aliphatic carboxylic acids is 1. The number of allylic oxidation sites excluding steroid dienone is 3. The molecule has 0 rings (SSSR count). The Morgan fingerprint density at radius 3 is 1.93 bits per heavy atom. The highest BCUT2D eigenvalue weighted by Crippen LogP contribution is 2.10. The van der Waals surface area contributed by atoms with Crippen molar-refractivity contribution in [2.75, 3.05) is 6.61 Å². The number of esters is 1. The van der Waals surface area contributed by atoms with Crippen LogP contribution in [0.25, 0.3) is 0 Å². The van der Waals surface area contributed by atoms with E-state index in [1.807, 2.05) is 6.08 Å². The lowest BCUT2D eigenvalue weighted by molar-refractivity contribution is -0.144. The highest BCUT2D eigenvalue weighted by atomic mass is 16.5. The Bertz CT molecular complexity index is 401. The highest BCUT2D eigenvalue weighted by Gasteiger charge is 2.02. The minimum Gasteiger partial charge on any atom is -0.481 e. The Morgan fingerprint density at radius 1 is 0.741 bits per heavy atom. The van der Waals surface area contributed by atoms with Crippen molar-refractivity contribution in [2.24, 2.45) is 0 Å². The van der Waals surface area contributed by atoms with Crippen molar-refractivity contribution in [1.82, 2.24) is 0 Å². The molecule has 0 saturated heterocycles. The van der Waals surface area contributed by atoms with Crippen LogP contribution in [0.3, 0.4) is 0 Å². The molecule has 4 nitrogen and oxygen atoms in total. The monoisotopic (exact) mass is 380 g/mol. The van der Waals surface area contributed by atoms with Gasteiger partial charge in [-0.3, -0.25) is 9.59 Å². The zero-order chi connectivity index (χ0) is 20.0. The van der Waals surface area contributed by atoms with Crippen LogP contribution < -0.4 is 0 Å². The summed E-state index contributed by atoms with van der Waals surface area (Å²) in [5.74, 6) is -0.764.